The number of ether oxygens (including phenoxy) is 1. The van der Waals surface area contributed by atoms with E-state index >= 15 is 0 Å². The van der Waals surface area contributed by atoms with Crippen molar-refractivity contribution < 1.29 is 14.6 Å². The molecule has 0 radical (unpaired) electrons. The Bertz CT molecular complexity index is 1120. The van der Waals surface area contributed by atoms with E-state index in [1.165, 1.54) is 11.9 Å². The van der Waals surface area contributed by atoms with Crippen LogP contribution in [0.1, 0.15) is 43.9 Å². The number of carboxylic acid groups (broad SMARTS) is 1. The summed E-state index contributed by atoms with van der Waals surface area (Å²) in [6.07, 6.45) is 8.65. The van der Waals surface area contributed by atoms with Crippen LogP contribution in [0.2, 0.25) is 0 Å². The SMILES string of the molecule is CCOCCN(CCCCc1ccc2c(n1)NCCC2)CC[C@H](Nc1ncnc2[nH]ncc12)C(=O)O. The van der Waals surface area contributed by atoms with E-state index in [4.69, 9.17) is 9.72 Å². The number of carbonyl (C=O) groups is 1. The van der Waals surface area contributed by atoms with Crippen LogP contribution >= 0.6 is 0 Å². The van der Waals surface area contributed by atoms with E-state index in [9.17, 15) is 9.90 Å². The Morgan fingerprint density at radius 3 is 3.03 bits per heavy atom. The molecule has 3 aromatic rings. The molecule has 36 heavy (non-hydrogen) atoms. The van der Waals surface area contributed by atoms with Crippen LogP contribution in [0.5, 0.6) is 0 Å². The topological polar surface area (TPSA) is 141 Å². The fourth-order valence-electron chi connectivity index (χ4n) is 4.44. The molecule has 0 bridgehead atoms. The summed E-state index contributed by atoms with van der Waals surface area (Å²) in [6, 6.07) is 3.57. The van der Waals surface area contributed by atoms with Gasteiger partial charge >= 0.3 is 5.97 Å². The van der Waals surface area contributed by atoms with E-state index in [1.807, 2.05) is 6.92 Å². The molecule has 0 saturated carbocycles. The summed E-state index contributed by atoms with van der Waals surface area (Å²) in [7, 11) is 0. The van der Waals surface area contributed by atoms with Crippen molar-refractivity contribution >= 4 is 28.6 Å². The quantitative estimate of drug-likeness (QED) is 0.232. The number of carboxylic acids is 1. The van der Waals surface area contributed by atoms with Gasteiger partial charge in [0, 0.05) is 31.9 Å². The Kier molecular flexibility index (Phi) is 9.40. The van der Waals surface area contributed by atoms with Crippen LogP contribution < -0.4 is 10.6 Å². The Morgan fingerprint density at radius 2 is 2.17 bits per heavy atom. The lowest BCUT2D eigenvalue weighted by molar-refractivity contribution is -0.138. The molecule has 11 heteroatoms. The number of aryl methyl sites for hydroxylation is 2. The first-order valence-electron chi connectivity index (χ1n) is 12.8. The zero-order valence-corrected chi connectivity index (χ0v) is 20.9. The van der Waals surface area contributed by atoms with Crippen LogP contribution in [0.15, 0.2) is 24.7 Å². The van der Waals surface area contributed by atoms with E-state index in [2.05, 4.69) is 47.8 Å². The number of anilines is 2. The highest BCUT2D eigenvalue weighted by Crippen LogP contribution is 2.21. The maximum absolute atomic E-state index is 12.0. The molecule has 0 spiro atoms. The van der Waals surface area contributed by atoms with Gasteiger partial charge < -0.3 is 25.4 Å². The number of H-pyrrole nitrogens is 1. The van der Waals surface area contributed by atoms with Gasteiger partial charge in [-0.3, -0.25) is 5.10 Å². The van der Waals surface area contributed by atoms with Gasteiger partial charge in [0.1, 0.15) is 24.0 Å². The van der Waals surface area contributed by atoms with Crippen LogP contribution in [-0.2, 0) is 22.4 Å². The zero-order valence-electron chi connectivity index (χ0n) is 20.9. The normalized spacial score (nSPS) is 13.9. The lowest BCUT2D eigenvalue weighted by Crippen LogP contribution is -2.37. The molecule has 1 aliphatic rings. The molecule has 4 N–H and O–H groups in total. The van der Waals surface area contributed by atoms with Gasteiger partial charge in [-0.2, -0.15) is 5.10 Å². The van der Waals surface area contributed by atoms with Gasteiger partial charge in [-0.15, -0.1) is 0 Å². The fraction of sp³-hybridized carbons (Fsp3) is 0.560. The molecule has 194 valence electrons. The minimum Gasteiger partial charge on any atom is -0.480 e. The number of hydrogen-bond donors (Lipinski definition) is 4. The van der Waals surface area contributed by atoms with Gasteiger partial charge in [0.15, 0.2) is 5.65 Å². The summed E-state index contributed by atoms with van der Waals surface area (Å²) in [4.78, 5) is 27.4. The Balaban J connectivity index is 1.28. The third kappa shape index (κ3) is 7.11. The van der Waals surface area contributed by atoms with Crippen molar-refractivity contribution in [3.8, 4) is 0 Å². The van der Waals surface area contributed by atoms with Crippen molar-refractivity contribution in [3.63, 3.8) is 0 Å². The van der Waals surface area contributed by atoms with Crippen LogP contribution in [0.4, 0.5) is 11.6 Å². The number of pyridine rings is 1. The predicted octanol–water partition coefficient (Wildman–Crippen LogP) is 2.72. The first kappa shape index (κ1) is 25.8. The number of hydrogen-bond acceptors (Lipinski definition) is 9. The van der Waals surface area contributed by atoms with Crippen molar-refractivity contribution in [2.24, 2.45) is 0 Å². The van der Waals surface area contributed by atoms with E-state index in [0.717, 1.165) is 63.3 Å². The molecule has 0 fully saturated rings. The lowest BCUT2D eigenvalue weighted by Gasteiger charge is -2.24. The molecule has 1 atom stereocenters. The number of aliphatic carboxylic acids is 1. The first-order chi connectivity index (χ1) is 17.6. The average Bonchev–Trinajstić information content (AvgIpc) is 3.38. The summed E-state index contributed by atoms with van der Waals surface area (Å²) < 4.78 is 5.56. The molecule has 0 aliphatic carbocycles. The highest BCUT2D eigenvalue weighted by molar-refractivity contribution is 5.88. The Morgan fingerprint density at radius 1 is 1.25 bits per heavy atom. The number of rotatable bonds is 15. The molecular formula is C25H36N8O3. The second kappa shape index (κ2) is 13.1. The largest absolute Gasteiger partial charge is 0.480 e. The number of fused-ring (bicyclic) bond motifs is 2. The van der Waals surface area contributed by atoms with Crippen LogP contribution in [-0.4, -0.2) is 86.6 Å². The molecule has 11 nitrogen and oxygen atoms in total. The van der Waals surface area contributed by atoms with Gasteiger partial charge in [0.25, 0.3) is 0 Å². The van der Waals surface area contributed by atoms with Crippen LogP contribution in [0.25, 0.3) is 11.0 Å². The van der Waals surface area contributed by atoms with Crippen molar-refractivity contribution in [2.45, 2.75) is 51.5 Å². The number of unbranched alkanes of at least 4 members (excludes halogenated alkanes) is 1. The minimum absolute atomic E-state index is 0.433. The molecule has 3 aromatic heterocycles. The third-order valence-corrected chi connectivity index (χ3v) is 6.46. The molecule has 0 aromatic carbocycles. The van der Waals surface area contributed by atoms with E-state index < -0.39 is 12.0 Å². The highest BCUT2D eigenvalue weighted by atomic mass is 16.5. The molecule has 1 aliphatic heterocycles. The Hall–Kier alpha value is -3.31. The number of aromatic nitrogens is 5. The first-order valence-corrected chi connectivity index (χ1v) is 12.8. The highest BCUT2D eigenvalue weighted by Gasteiger charge is 2.21. The standard InChI is InChI=1S/C25H36N8O3/c1-2-36-15-14-33(12-4-3-7-19-9-8-18-6-5-11-26-22(18)30-19)13-10-21(25(34)35)31-23-20-16-29-32-24(20)28-17-27-23/h8-9,16-17,21H,2-7,10-15H2,1H3,(H,26,30)(H,34,35)(H2,27,28,29,31,32)/t21-/m0/s1. The Labute approximate surface area is 211 Å². The monoisotopic (exact) mass is 496 g/mol. The van der Waals surface area contributed by atoms with Crippen LogP contribution in [0, 0.1) is 0 Å². The van der Waals surface area contributed by atoms with Gasteiger partial charge in [0.05, 0.1) is 18.2 Å². The van der Waals surface area contributed by atoms with Crippen LogP contribution in [0.3, 0.4) is 0 Å². The van der Waals surface area contributed by atoms with Crippen molar-refractivity contribution in [1.82, 2.24) is 30.0 Å². The predicted molar refractivity (Wildman–Crippen MR) is 138 cm³/mol. The van der Waals surface area contributed by atoms with E-state index in [-0.39, 0.29) is 0 Å². The average molecular weight is 497 g/mol. The molecule has 0 unspecified atom stereocenters. The lowest BCUT2D eigenvalue weighted by atomic mass is 10.1. The second-order valence-corrected chi connectivity index (χ2v) is 9.01. The van der Waals surface area contributed by atoms with Gasteiger partial charge in [0.2, 0.25) is 0 Å². The number of nitrogens with one attached hydrogen (secondary N) is 3. The summed E-state index contributed by atoms with van der Waals surface area (Å²) in [6.45, 7) is 6.55. The summed E-state index contributed by atoms with van der Waals surface area (Å²) in [5.74, 6) is 0.594. The van der Waals surface area contributed by atoms with E-state index in [1.54, 1.807) is 6.20 Å². The summed E-state index contributed by atoms with van der Waals surface area (Å²) in [5.41, 5.74) is 3.00. The molecule has 0 amide bonds. The third-order valence-electron chi connectivity index (χ3n) is 6.46. The molecular weight excluding hydrogens is 460 g/mol. The van der Waals surface area contributed by atoms with Gasteiger partial charge in [-0.05, 0) is 63.6 Å². The molecule has 0 saturated heterocycles. The number of nitrogens with zero attached hydrogens (tertiary/aromatic N) is 5. The molecule has 4 heterocycles. The van der Waals surface area contributed by atoms with Gasteiger partial charge in [-0.25, -0.2) is 19.7 Å². The zero-order chi connectivity index (χ0) is 25.2. The fourth-order valence-corrected chi connectivity index (χ4v) is 4.44. The second-order valence-electron chi connectivity index (χ2n) is 9.01. The summed E-state index contributed by atoms with van der Waals surface area (Å²) >= 11 is 0. The van der Waals surface area contributed by atoms with E-state index in [0.29, 0.717) is 43.0 Å². The summed E-state index contributed by atoms with van der Waals surface area (Å²) in [5, 5.41) is 23.7. The van der Waals surface area contributed by atoms with Crippen molar-refractivity contribution in [3.05, 3.63) is 35.9 Å². The maximum Gasteiger partial charge on any atom is 0.326 e. The number of aromatic amines is 1. The van der Waals surface area contributed by atoms with Gasteiger partial charge in [-0.1, -0.05) is 6.07 Å². The maximum atomic E-state index is 12.0. The molecule has 4 rings (SSSR count). The smallest absolute Gasteiger partial charge is 0.326 e. The van der Waals surface area contributed by atoms with Crippen molar-refractivity contribution in [1.29, 1.82) is 0 Å². The minimum atomic E-state index is -0.915. The van der Waals surface area contributed by atoms with Crippen molar-refractivity contribution in [2.75, 3.05) is 50.0 Å².